The van der Waals surface area contributed by atoms with Gasteiger partial charge in [-0.2, -0.15) is 4.39 Å². The van der Waals surface area contributed by atoms with Crippen LogP contribution >= 0.6 is 0 Å². The van der Waals surface area contributed by atoms with Crippen molar-refractivity contribution in [3.05, 3.63) is 53.9 Å². The average Bonchev–Trinajstić information content (AvgIpc) is 3.18. The number of aromatic hydroxyl groups is 1. The van der Waals surface area contributed by atoms with E-state index in [2.05, 4.69) is 10.3 Å². The molecular weight excluding hydrogens is 448 g/mol. The molecule has 1 aliphatic heterocycles. The van der Waals surface area contributed by atoms with Gasteiger partial charge in [-0.3, -0.25) is 19.4 Å². The Morgan fingerprint density at radius 1 is 1.15 bits per heavy atom. The first-order chi connectivity index (χ1) is 16.1. The molecule has 1 aliphatic carbocycles. The summed E-state index contributed by atoms with van der Waals surface area (Å²) in [7, 11) is 0. The number of halogens is 2. The Balaban J connectivity index is 0.000000211. The number of nitrogens with one attached hydrogen (secondary N) is 1. The van der Waals surface area contributed by atoms with E-state index in [1.165, 1.54) is 24.8 Å². The van der Waals surface area contributed by atoms with Crippen molar-refractivity contribution in [2.45, 2.75) is 58.2 Å². The number of benzene rings is 1. The van der Waals surface area contributed by atoms with Crippen LogP contribution in [-0.4, -0.2) is 39.9 Å². The van der Waals surface area contributed by atoms with Gasteiger partial charge in [-0.05, 0) is 63.8 Å². The van der Waals surface area contributed by atoms with Crippen LogP contribution in [0.1, 0.15) is 56.4 Å². The number of primary amides is 1. The van der Waals surface area contributed by atoms with E-state index in [9.17, 15) is 23.2 Å². The number of hydrogen-bond acceptors (Lipinski definition) is 6. The number of phenols is 1. The zero-order chi connectivity index (χ0) is 25.3. The quantitative estimate of drug-likeness (QED) is 0.615. The van der Waals surface area contributed by atoms with Crippen molar-refractivity contribution in [1.82, 2.24) is 4.98 Å². The maximum Gasteiger partial charge on any atom is 0.267 e. The van der Waals surface area contributed by atoms with E-state index in [4.69, 9.17) is 15.6 Å². The van der Waals surface area contributed by atoms with Crippen molar-refractivity contribution in [1.29, 1.82) is 0 Å². The third-order valence-electron chi connectivity index (χ3n) is 5.42. The highest BCUT2D eigenvalue weighted by Crippen LogP contribution is 2.26. The van der Waals surface area contributed by atoms with E-state index in [0.717, 1.165) is 31.4 Å². The molecule has 1 aromatic heterocycles. The SMILES string of the molecule is CC(=O)C1CCC1.CC1CCC(C(=O)Nc2ccnc(C(N)=O)c2)O1.Oc1cccc(F)c1F. The molecule has 2 aromatic rings. The summed E-state index contributed by atoms with van der Waals surface area (Å²) in [6.45, 7) is 3.62. The first-order valence-corrected chi connectivity index (χ1v) is 10.9. The highest BCUT2D eigenvalue weighted by Gasteiger charge is 2.28. The van der Waals surface area contributed by atoms with Crippen molar-refractivity contribution in [3.8, 4) is 5.75 Å². The van der Waals surface area contributed by atoms with E-state index in [1.807, 2.05) is 6.92 Å². The zero-order valence-corrected chi connectivity index (χ0v) is 19.1. The van der Waals surface area contributed by atoms with Crippen molar-refractivity contribution < 1.29 is 33.0 Å². The smallest absolute Gasteiger partial charge is 0.267 e. The van der Waals surface area contributed by atoms with E-state index < -0.39 is 29.4 Å². The second kappa shape index (κ2) is 12.7. The number of Topliss-reactive ketones (excluding diaryl/α,β-unsaturated/α-hetero) is 1. The Morgan fingerprint density at radius 3 is 2.29 bits per heavy atom. The predicted octanol–water partition coefficient (Wildman–Crippen LogP) is 3.73. The second-order valence-corrected chi connectivity index (χ2v) is 8.11. The fraction of sp³-hybridized carbons (Fsp3) is 0.417. The zero-order valence-electron chi connectivity index (χ0n) is 19.1. The van der Waals surface area contributed by atoms with Crippen molar-refractivity contribution in [3.63, 3.8) is 0 Å². The molecule has 10 heteroatoms. The number of nitrogens with two attached hydrogens (primary N) is 1. The summed E-state index contributed by atoms with van der Waals surface area (Å²) >= 11 is 0. The molecule has 0 radical (unpaired) electrons. The number of ether oxygens (including phenoxy) is 1. The summed E-state index contributed by atoms with van der Waals surface area (Å²) < 4.78 is 29.6. The van der Waals surface area contributed by atoms with Crippen molar-refractivity contribution in [2.24, 2.45) is 11.7 Å². The summed E-state index contributed by atoms with van der Waals surface area (Å²) in [5, 5.41) is 11.2. The molecule has 34 heavy (non-hydrogen) atoms. The fourth-order valence-corrected chi connectivity index (χ4v) is 3.17. The number of carbonyl (C=O) groups excluding carboxylic acids is 3. The van der Waals surface area contributed by atoms with Gasteiger partial charge in [0.05, 0.1) is 6.10 Å². The minimum atomic E-state index is -1.20. The average molecular weight is 478 g/mol. The van der Waals surface area contributed by atoms with E-state index in [-0.39, 0.29) is 17.7 Å². The number of anilines is 1. The predicted molar refractivity (Wildman–Crippen MR) is 121 cm³/mol. The highest BCUT2D eigenvalue weighted by atomic mass is 19.2. The molecule has 2 atom stereocenters. The molecule has 2 amide bonds. The van der Waals surface area contributed by atoms with Crippen LogP contribution in [0.4, 0.5) is 14.5 Å². The van der Waals surface area contributed by atoms with Gasteiger partial charge >= 0.3 is 0 Å². The lowest BCUT2D eigenvalue weighted by molar-refractivity contribution is -0.126. The number of hydrogen-bond donors (Lipinski definition) is 3. The number of aromatic nitrogens is 1. The number of rotatable bonds is 4. The molecule has 8 nitrogen and oxygen atoms in total. The molecule has 2 heterocycles. The van der Waals surface area contributed by atoms with E-state index >= 15 is 0 Å². The number of amides is 2. The normalized spacial score (nSPS) is 18.9. The Labute approximate surface area is 196 Å². The molecule has 184 valence electrons. The molecule has 1 aromatic carbocycles. The lowest BCUT2D eigenvalue weighted by atomic mass is 9.83. The van der Waals surface area contributed by atoms with Crippen LogP contribution in [0.3, 0.4) is 0 Å². The summed E-state index contributed by atoms with van der Waals surface area (Å²) in [6.07, 6.45) is 6.26. The molecule has 4 rings (SSSR count). The Bertz CT molecular complexity index is 994. The van der Waals surface area contributed by atoms with Gasteiger partial charge in [0.2, 0.25) is 0 Å². The fourth-order valence-electron chi connectivity index (χ4n) is 3.17. The molecule has 0 bridgehead atoms. The lowest BCUT2D eigenvalue weighted by Crippen LogP contribution is -2.28. The highest BCUT2D eigenvalue weighted by molar-refractivity contribution is 5.96. The van der Waals surface area contributed by atoms with Gasteiger partial charge < -0.3 is 20.9 Å². The molecule has 1 saturated carbocycles. The largest absolute Gasteiger partial charge is 0.505 e. The van der Waals surface area contributed by atoms with Crippen LogP contribution in [0.5, 0.6) is 5.75 Å². The van der Waals surface area contributed by atoms with Gasteiger partial charge in [0.15, 0.2) is 17.4 Å². The standard InChI is InChI=1S/C12H15N3O3.C6H4F2O.C6H10O/c1-7-2-3-10(18-7)12(17)15-8-4-5-14-9(6-8)11(13)16;7-4-2-1-3-5(9)6(4)8;1-5(7)6-3-2-4-6/h4-7,10H,2-3H2,1H3,(H2,13,16)(H,14,15,17);1-3,9H;6H,2-4H2,1H3. The molecule has 2 unspecified atom stereocenters. The lowest BCUT2D eigenvalue weighted by Gasteiger charge is -2.21. The topological polar surface area (TPSA) is 132 Å². The first-order valence-electron chi connectivity index (χ1n) is 10.9. The molecular formula is C24H29F2N3O5. The van der Waals surface area contributed by atoms with Gasteiger partial charge in [-0.25, -0.2) is 4.39 Å². The summed E-state index contributed by atoms with van der Waals surface area (Å²) in [5.41, 5.74) is 5.73. The number of phenolic OH excluding ortho intramolecular Hbond substituents is 1. The molecule has 0 spiro atoms. The minimum Gasteiger partial charge on any atom is -0.505 e. The number of carbonyl (C=O) groups is 3. The summed E-state index contributed by atoms with van der Waals surface area (Å²) in [5.74, 6) is -2.90. The van der Waals surface area contributed by atoms with Crippen LogP contribution < -0.4 is 11.1 Å². The Hall–Kier alpha value is -3.40. The molecule has 4 N–H and O–H groups in total. The van der Waals surface area contributed by atoms with Gasteiger partial charge in [-0.1, -0.05) is 12.5 Å². The maximum absolute atomic E-state index is 12.1. The Morgan fingerprint density at radius 2 is 1.85 bits per heavy atom. The van der Waals surface area contributed by atoms with E-state index in [0.29, 0.717) is 23.8 Å². The van der Waals surface area contributed by atoms with Crippen LogP contribution in [0.2, 0.25) is 0 Å². The van der Waals surface area contributed by atoms with Crippen LogP contribution in [0.15, 0.2) is 36.5 Å². The number of pyridine rings is 1. The monoisotopic (exact) mass is 477 g/mol. The van der Waals surface area contributed by atoms with Crippen LogP contribution in [0.25, 0.3) is 0 Å². The summed E-state index contributed by atoms with van der Waals surface area (Å²) in [6, 6.07) is 6.29. The van der Waals surface area contributed by atoms with Gasteiger partial charge in [0, 0.05) is 17.8 Å². The van der Waals surface area contributed by atoms with Gasteiger partial charge in [-0.15, -0.1) is 0 Å². The molecule has 2 aliphatic rings. The molecule has 1 saturated heterocycles. The third kappa shape index (κ3) is 8.18. The van der Waals surface area contributed by atoms with Crippen LogP contribution in [-0.2, 0) is 14.3 Å². The van der Waals surface area contributed by atoms with Crippen molar-refractivity contribution >= 4 is 23.3 Å². The van der Waals surface area contributed by atoms with Gasteiger partial charge in [0.25, 0.3) is 11.8 Å². The van der Waals surface area contributed by atoms with Gasteiger partial charge in [0.1, 0.15) is 17.6 Å². The van der Waals surface area contributed by atoms with Crippen molar-refractivity contribution in [2.75, 3.05) is 5.32 Å². The first kappa shape index (κ1) is 26.8. The maximum atomic E-state index is 12.1. The number of nitrogens with zero attached hydrogens (tertiary/aromatic N) is 1. The number of ketones is 1. The second-order valence-electron chi connectivity index (χ2n) is 8.11. The van der Waals surface area contributed by atoms with Crippen LogP contribution in [0, 0.1) is 17.6 Å². The molecule has 2 fully saturated rings. The minimum absolute atomic E-state index is 0.111. The Kier molecular flexibility index (Phi) is 10.1. The third-order valence-corrected chi connectivity index (χ3v) is 5.42. The summed E-state index contributed by atoms with van der Waals surface area (Å²) in [4.78, 5) is 37.1. The van der Waals surface area contributed by atoms with E-state index in [1.54, 1.807) is 13.0 Å².